The lowest BCUT2D eigenvalue weighted by Crippen LogP contribution is -2.16. The Morgan fingerprint density at radius 3 is 2.88 bits per heavy atom. The average molecular weight is 328 g/mol. The van der Waals surface area contributed by atoms with Crippen LogP contribution < -0.4 is 24.8 Å². The van der Waals surface area contributed by atoms with Gasteiger partial charge in [0, 0.05) is 24.7 Å². The third kappa shape index (κ3) is 3.90. The van der Waals surface area contributed by atoms with Crippen molar-refractivity contribution in [1.29, 1.82) is 0 Å². The number of amides is 1. The van der Waals surface area contributed by atoms with E-state index in [2.05, 4.69) is 10.6 Å². The number of ether oxygens (including phenoxy) is 3. The van der Waals surface area contributed by atoms with E-state index in [-0.39, 0.29) is 12.7 Å². The van der Waals surface area contributed by atoms with Gasteiger partial charge in [0.2, 0.25) is 12.7 Å². The van der Waals surface area contributed by atoms with Gasteiger partial charge in [-0.15, -0.1) is 0 Å². The van der Waals surface area contributed by atoms with E-state index in [1.165, 1.54) is 0 Å². The van der Waals surface area contributed by atoms with Crippen LogP contribution in [0.15, 0.2) is 42.5 Å². The van der Waals surface area contributed by atoms with E-state index in [0.717, 1.165) is 11.4 Å². The summed E-state index contributed by atoms with van der Waals surface area (Å²) in [5.41, 5.74) is 1.58. The molecule has 2 aromatic rings. The highest BCUT2D eigenvalue weighted by Gasteiger charge is 2.14. The fourth-order valence-electron chi connectivity index (χ4n) is 2.40. The second-order valence-corrected chi connectivity index (χ2v) is 5.22. The number of rotatable bonds is 7. The van der Waals surface area contributed by atoms with Crippen LogP contribution in [0.2, 0.25) is 0 Å². The zero-order valence-electron chi connectivity index (χ0n) is 13.5. The lowest BCUT2D eigenvalue weighted by Gasteiger charge is -2.12. The maximum Gasteiger partial charge on any atom is 0.231 e. The van der Waals surface area contributed by atoms with E-state index in [1.54, 1.807) is 18.2 Å². The van der Waals surface area contributed by atoms with Gasteiger partial charge in [-0.3, -0.25) is 4.79 Å². The minimum absolute atomic E-state index is 0.0738. The molecule has 6 nitrogen and oxygen atoms in total. The summed E-state index contributed by atoms with van der Waals surface area (Å²) < 4.78 is 16.1. The molecule has 0 saturated carbocycles. The van der Waals surface area contributed by atoms with E-state index in [4.69, 9.17) is 14.2 Å². The van der Waals surface area contributed by atoms with Crippen molar-refractivity contribution in [2.75, 3.05) is 30.6 Å². The maximum atomic E-state index is 12.1. The number of carbonyl (C=O) groups is 1. The summed E-state index contributed by atoms with van der Waals surface area (Å²) in [5, 5.41) is 6.08. The fourth-order valence-corrected chi connectivity index (χ4v) is 2.40. The minimum Gasteiger partial charge on any atom is -0.492 e. The van der Waals surface area contributed by atoms with Crippen LogP contribution in [0.4, 0.5) is 11.4 Å². The number of benzene rings is 2. The molecule has 1 aliphatic heterocycles. The predicted molar refractivity (Wildman–Crippen MR) is 91.9 cm³/mol. The first-order chi connectivity index (χ1) is 11.8. The first-order valence-electron chi connectivity index (χ1n) is 7.91. The topological polar surface area (TPSA) is 68.8 Å². The van der Waals surface area contributed by atoms with Crippen LogP contribution in [0.25, 0.3) is 0 Å². The summed E-state index contributed by atoms with van der Waals surface area (Å²) in [6.07, 6.45) is 0.342. The van der Waals surface area contributed by atoms with E-state index in [1.807, 2.05) is 31.2 Å². The highest BCUT2D eigenvalue weighted by Crippen LogP contribution is 2.34. The fraction of sp³-hybridized carbons (Fsp3) is 0.278. The number of carbonyl (C=O) groups excluding carboxylic acids is 1. The monoisotopic (exact) mass is 328 g/mol. The first-order valence-corrected chi connectivity index (χ1v) is 7.91. The second-order valence-electron chi connectivity index (χ2n) is 5.22. The van der Waals surface area contributed by atoms with E-state index in [9.17, 15) is 4.79 Å². The van der Waals surface area contributed by atoms with Crippen molar-refractivity contribution in [3.8, 4) is 17.2 Å². The lowest BCUT2D eigenvalue weighted by molar-refractivity contribution is -0.115. The molecule has 1 amide bonds. The van der Waals surface area contributed by atoms with Crippen molar-refractivity contribution >= 4 is 17.3 Å². The molecule has 0 radical (unpaired) electrons. The Labute approximate surface area is 140 Å². The molecule has 0 aliphatic carbocycles. The predicted octanol–water partition coefficient (Wildman–Crippen LogP) is 3.25. The van der Waals surface area contributed by atoms with Crippen LogP contribution in [-0.4, -0.2) is 25.9 Å². The Hall–Kier alpha value is -2.89. The van der Waals surface area contributed by atoms with Crippen molar-refractivity contribution in [2.24, 2.45) is 0 Å². The molecule has 0 unspecified atom stereocenters. The molecule has 0 fully saturated rings. The summed E-state index contributed by atoms with van der Waals surface area (Å²) in [7, 11) is 0. The zero-order chi connectivity index (χ0) is 16.8. The van der Waals surface area contributed by atoms with E-state index >= 15 is 0 Å². The molecule has 6 heteroatoms. The summed E-state index contributed by atoms with van der Waals surface area (Å²) in [4.78, 5) is 12.1. The standard InChI is InChI=1S/C18H20N2O4/c1-2-22-15-6-4-3-5-14(15)19-10-9-18(21)20-13-7-8-16-17(11-13)24-12-23-16/h3-8,11,19H,2,9-10,12H2,1H3,(H,20,21). The van der Waals surface area contributed by atoms with Gasteiger partial charge in [0.15, 0.2) is 11.5 Å². The van der Waals surface area contributed by atoms with Crippen molar-refractivity contribution in [3.63, 3.8) is 0 Å². The van der Waals surface area contributed by atoms with Crippen molar-refractivity contribution in [3.05, 3.63) is 42.5 Å². The first kappa shape index (κ1) is 16.0. The number of hydrogen-bond donors (Lipinski definition) is 2. The molecule has 1 aliphatic rings. The van der Waals surface area contributed by atoms with Gasteiger partial charge in [-0.2, -0.15) is 0 Å². The molecule has 1 heterocycles. The minimum atomic E-state index is -0.0738. The molecular formula is C18H20N2O4. The number of fused-ring (bicyclic) bond motifs is 1. The number of para-hydroxylation sites is 2. The molecule has 3 rings (SSSR count). The van der Waals surface area contributed by atoms with Crippen molar-refractivity contribution in [2.45, 2.75) is 13.3 Å². The SMILES string of the molecule is CCOc1ccccc1NCCC(=O)Nc1ccc2c(c1)OCO2. The van der Waals surface area contributed by atoms with Crippen LogP contribution in [-0.2, 0) is 4.79 Å². The van der Waals surface area contributed by atoms with Crippen LogP contribution in [0.5, 0.6) is 17.2 Å². The largest absolute Gasteiger partial charge is 0.492 e. The second kappa shape index (κ2) is 7.59. The molecule has 0 atom stereocenters. The van der Waals surface area contributed by atoms with Gasteiger partial charge in [-0.05, 0) is 31.2 Å². The van der Waals surface area contributed by atoms with Gasteiger partial charge in [0.05, 0.1) is 12.3 Å². The summed E-state index contributed by atoms with van der Waals surface area (Å²) in [6.45, 7) is 3.27. The molecular weight excluding hydrogens is 308 g/mol. The third-order valence-electron chi connectivity index (χ3n) is 3.51. The van der Waals surface area contributed by atoms with Crippen LogP contribution >= 0.6 is 0 Å². The van der Waals surface area contributed by atoms with Crippen LogP contribution in [0.3, 0.4) is 0 Å². The molecule has 126 valence electrons. The van der Waals surface area contributed by atoms with Gasteiger partial charge >= 0.3 is 0 Å². The van der Waals surface area contributed by atoms with Gasteiger partial charge in [-0.25, -0.2) is 0 Å². The average Bonchev–Trinajstić information content (AvgIpc) is 3.04. The Kier molecular flexibility index (Phi) is 5.05. The van der Waals surface area contributed by atoms with E-state index in [0.29, 0.717) is 36.8 Å². The number of anilines is 2. The number of hydrogen-bond acceptors (Lipinski definition) is 5. The van der Waals surface area contributed by atoms with Gasteiger partial charge in [-0.1, -0.05) is 12.1 Å². The molecule has 0 saturated heterocycles. The van der Waals surface area contributed by atoms with Crippen molar-refractivity contribution in [1.82, 2.24) is 0 Å². The van der Waals surface area contributed by atoms with Gasteiger partial charge in [0.1, 0.15) is 5.75 Å². The summed E-state index contributed by atoms with van der Waals surface area (Å²) in [5.74, 6) is 2.06. The summed E-state index contributed by atoms with van der Waals surface area (Å²) in [6, 6.07) is 13.0. The maximum absolute atomic E-state index is 12.1. The smallest absolute Gasteiger partial charge is 0.231 e. The van der Waals surface area contributed by atoms with E-state index < -0.39 is 0 Å². The van der Waals surface area contributed by atoms with Crippen LogP contribution in [0, 0.1) is 0 Å². The molecule has 0 bridgehead atoms. The molecule has 2 aromatic carbocycles. The van der Waals surface area contributed by atoms with Crippen LogP contribution in [0.1, 0.15) is 13.3 Å². The summed E-state index contributed by atoms with van der Waals surface area (Å²) >= 11 is 0. The quantitative estimate of drug-likeness (QED) is 0.816. The highest BCUT2D eigenvalue weighted by atomic mass is 16.7. The highest BCUT2D eigenvalue weighted by molar-refractivity contribution is 5.91. The van der Waals surface area contributed by atoms with Crippen molar-refractivity contribution < 1.29 is 19.0 Å². The molecule has 2 N–H and O–H groups in total. The van der Waals surface area contributed by atoms with Gasteiger partial charge in [0.25, 0.3) is 0 Å². The Morgan fingerprint density at radius 2 is 2.00 bits per heavy atom. The third-order valence-corrected chi connectivity index (χ3v) is 3.51. The molecule has 0 aromatic heterocycles. The molecule has 0 spiro atoms. The molecule has 24 heavy (non-hydrogen) atoms. The Bertz CT molecular complexity index is 718. The Balaban J connectivity index is 1.49. The normalized spacial score (nSPS) is 11.9. The lowest BCUT2D eigenvalue weighted by atomic mass is 10.2. The Morgan fingerprint density at radius 1 is 1.17 bits per heavy atom. The van der Waals surface area contributed by atoms with Gasteiger partial charge < -0.3 is 24.8 Å². The zero-order valence-corrected chi connectivity index (χ0v) is 13.5. The number of nitrogens with one attached hydrogen (secondary N) is 2.